The second-order valence-electron chi connectivity index (χ2n) is 7.32. The highest BCUT2D eigenvalue weighted by Crippen LogP contribution is 2.32. The summed E-state index contributed by atoms with van der Waals surface area (Å²) in [5.41, 5.74) is 2.03. The van der Waals surface area contributed by atoms with E-state index >= 15 is 0 Å². The molecule has 1 saturated heterocycles. The fraction of sp³-hybridized carbons (Fsp3) is 0.550. The lowest BCUT2D eigenvalue weighted by molar-refractivity contribution is 0.0573. The molecule has 25 heavy (non-hydrogen) atoms. The van der Waals surface area contributed by atoms with Gasteiger partial charge in [0.2, 0.25) is 0 Å². The molecule has 134 valence electrons. The number of carbonyl (C=O) groups is 1. The zero-order chi connectivity index (χ0) is 17.4. The van der Waals surface area contributed by atoms with Crippen molar-refractivity contribution in [3.8, 4) is 5.00 Å². The van der Waals surface area contributed by atoms with Gasteiger partial charge in [0.15, 0.2) is 0 Å². The minimum Gasteiger partial charge on any atom is -0.336 e. The molecule has 5 heteroatoms. The number of aromatic nitrogens is 1. The average Bonchev–Trinajstić information content (AvgIpc) is 3.37. The number of piperazine rings is 1. The Balaban J connectivity index is 1.52. The van der Waals surface area contributed by atoms with Gasteiger partial charge >= 0.3 is 0 Å². The molecule has 0 bridgehead atoms. The molecule has 0 atom stereocenters. The quantitative estimate of drug-likeness (QED) is 0.835. The highest BCUT2D eigenvalue weighted by Gasteiger charge is 2.30. The molecule has 0 radical (unpaired) electrons. The van der Waals surface area contributed by atoms with Gasteiger partial charge in [0.25, 0.3) is 5.91 Å². The SMILES string of the molecule is Cc1sc(-n2cccc2)c(C(=O)N2CCN(C3CCCC3)CC2)c1C. The summed E-state index contributed by atoms with van der Waals surface area (Å²) in [6.45, 7) is 7.96. The van der Waals surface area contributed by atoms with Crippen molar-refractivity contribution in [2.45, 2.75) is 45.6 Å². The summed E-state index contributed by atoms with van der Waals surface area (Å²) in [4.78, 5) is 19.2. The summed E-state index contributed by atoms with van der Waals surface area (Å²) < 4.78 is 2.08. The fourth-order valence-corrected chi connectivity index (χ4v) is 5.35. The Morgan fingerprint density at radius 3 is 2.32 bits per heavy atom. The summed E-state index contributed by atoms with van der Waals surface area (Å²) in [6.07, 6.45) is 9.48. The third kappa shape index (κ3) is 3.15. The lowest BCUT2D eigenvalue weighted by Crippen LogP contribution is -2.51. The van der Waals surface area contributed by atoms with Crippen molar-refractivity contribution in [1.29, 1.82) is 0 Å². The van der Waals surface area contributed by atoms with E-state index in [4.69, 9.17) is 0 Å². The third-order valence-corrected chi connectivity index (χ3v) is 7.08. The molecule has 4 rings (SSSR count). The van der Waals surface area contributed by atoms with Gasteiger partial charge in [-0.15, -0.1) is 11.3 Å². The maximum atomic E-state index is 13.3. The molecule has 0 spiro atoms. The first kappa shape index (κ1) is 16.9. The number of carbonyl (C=O) groups excluding carboxylic acids is 1. The van der Waals surface area contributed by atoms with Gasteiger partial charge in [0.1, 0.15) is 5.00 Å². The van der Waals surface area contributed by atoms with Crippen molar-refractivity contribution in [3.63, 3.8) is 0 Å². The van der Waals surface area contributed by atoms with Gasteiger partial charge in [-0.05, 0) is 44.4 Å². The molecular formula is C20H27N3OS. The van der Waals surface area contributed by atoms with E-state index in [0.29, 0.717) is 0 Å². The van der Waals surface area contributed by atoms with E-state index in [0.717, 1.165) is 48.3 Å². The second kappa shape index (κ2) is 6.96. The zero-order valence-corrected chi connectivity index (χ0v) is 16.0. The van der Waals surface area contributed by atoms with Gasteiger partial charge in [-0.1, -0.05) is 12.8 Å². The minimum atomic E-state index is 0.205. The van der Waals surface area contributed by atoms with Gasteiger partial charge in [0, 0.05) is 49.5 Å². The van der Waals surface area contributed by atoms with Crippen molar-refractivity contribution < 1.29 is 4.79 Å². The third-order valence-electron chi connectivity index (χ3n) is 5.86. The molecule has 1 saturated carbocycles. The van der Waals surface area contributed by atoms with Crippen molar-refractivity contribution in [2.75, 3.05) is 26.2 Å². The second-order valence-corrected chi connectivity index (χ2v) is 8.52. The van der Waals surface area contributed by atoms with E-state index in [1.54, 1.807) is 11.3 Å². The molecule has 1 aliphatic heterocycles. The van der Waals surface area contributed by atoms with Crippen molar-refractivity contribution in [2.24, 2.45) is 0 Å². The van der Waals surface area contributed by atoms with Crippen molar-refractivity contribution in [1.82, 2.24) is 14.4 Å². The van der Waals surface area contributed by atoms with Crippen LogP contribution in [0, 0.1) is 13.8 Å². The van der Waals surface area contributed by atoms with Gasteiger partial charge in [-0.25, -0.2) is 0 Å². The maximum absolute atomic E-state index is 13.3. The Morgan fingerprint density at radius 2 is 1.68 bits per heavy atom. The first-order valence-corrected chi connectivity index (χ1v) is 10.2. The molecule has 2 aromatic rings. The lowest BCUT2D eigenvalue weighted by Gasteiger charge is -2.38. The standard InChI is InChI=1S/C20H27N3OS/c1-15-16(2)25-20(23-9-5-6-10-23)18(15)19(24)22-13-11-21(12-14-22)17-7-3-4-8-17/h5-6,9-10,17H,3-4,7-8,11-14H2,1-2H3. The van der Waals surface area contributed by atoms with E-state index < -0.39 is 0 Å². The Kier molecular flexibility index (Phi) is 4.69. The van der Waals surface area contributed by atoms with Gasteiger partial charge < -0.3 is 9.47 Å². The monoisotopic (exact) mass is 357 g/mol. The number of hydrogen-bond donors (Lipinski definition) is 0. The van der Waals surface area contributed by atoms with E-state index in [2.05, 4.69) is 28.2 Å². The van der Waals surface area contributed by atoms with Crippen molar-refractivity contribution in [3.05, 3.63) is 40.5 Å². The predicted molar refractivity (Wildman–Crippen MR) is 103 cm³/mol. The number of rotatable bonds is 3. The smallest absolute Gasteiger partial charge is 0.257 e. The molecule has 2 aliphatic rings. The van der Waals surface area contributed by atoms with Crippen LogP contribution in [0.25, 0.3) is 5.00 Å². The Bertz CT molecular complexity index is 735. The van der Waals surface area contributed by atoms with Crippen LogP contribution < -0.4 is 0 Å². The number of nitrogens with zero attached hydrogens (tertiary/aromatic N) is 3. The molecule has 1 aliphatic carbocycles. The van der Waals surface area contributed by atoms with Gasteiger partial charge in [-0.2, -0.15) is 0 Å². The molecule has 3 heterocycles. The molecule has 0 unspecified atom stereocenters. The van der Waals surface area contributed by atoms with E-state index in [1.165, 1.54) is 30.6 Å². The number of amides is 1. The minimum absolute atomic E-state index is 0.205. The summed E-state index contributed by atoms with van der Waals surface area (Å²) in [6, 6.07) is 4.79. The highest BCUT2D eigenvalue weighted by atomic mass is 32.1. The molecule has 2 fully saturated rings. The first-order chi connectivity index (χ1) is 12.1. The van der Waals surface area contributed by atoms with Crippen LogP contribution in [0.15, 0.2) is 24.5 Å². The molecule has 1 amide bonds. The lowest BCUT2D eigenvalue weighted by atomic mass is 10.1. The predicted octanol–water partition coefficient (Wildman–Crippen LogP) is 3.86. The topological polar surface area (TPSA) is 28.5 Å². The molecule has 0 N–H and O–H groups in total. The Morgan fingerprint density at radius 1 is 1.04 bits per heavy atom. The van der Waals surface area contributed by atoms with Crippen LogP contribution in [0.1, 0.15) is 46.5 Å². The number of hydrogen-bond acceptors (Lipinski definition) is 3. The van der Waals surface area contributed by atoms with Crippen LogP contribution in [0.3, 0.4) is 0 Å². The molecule has 2 aromatic heterocycles. The first-order valence-electron chi connectivity index (χ1n) is 9.42. The van der Waals surface area contributed by atoms with Crippen LogP contribution in [0.5, 0.6) is 0 Å². The fourth-order valence-electron chi connectivity index (χ4n) is 4.23. The molecule has 4 nitrogen and oxygen atoms in total. The van der Waals surface area contributed by atoms with Crippen molar-refractivity contribution >= 4 is 17.2 Å². The largest absolute Gasteiger partial charge is 0.336 e. The van der Waals surface area contributed by atoms with E-state index in [-0.39, 0.29) is 5.91 Å². The summed E-state index contributed by atoms with van der Waals surface area (Å²) in [5.74, 6) is 0.205. The number of thiophene rings is 1. The van der Waals surface area contributed by atoms with Gasteiger partial charge in [-0.3, -0.25) is 9.69 Å². The van der Waals surface area contributed by atoms with Crippen LogP contribution in [-0.2, 0) is 0 Å². The van der Waals surface area contributed by atoms with Crippen LogP contribution >= 0.6 is 11.3 Å². The van der Waals surface area contributed by atoms with E-state index in [1.807, 2.05) is 24.5 Å². The molecule has 0 aromatic carbocycles. The Labute approximate surface area is 154 Å². The summed E-state index contributed by atoms with van der Waals surface area (Å²) >= 11 is 1.72. The summed E-state index contributed by atoms with van der Waals surface area (Å²) in [5, 5.41) is 1.06. The summed E-state index contributed by atoms with van der Waals surface area (Å²) in [7, 11) is 0. The van der Waals surface area contributed by atoms with Crippen LogP contribution in [-0.4, -0.2) is 52.5 Å². The zero-order valence-electron chi connectivity index (χ0n) is 15.2. The Hall–Kier alpha value is -1.59. The van der Waals surface area contributed by atoms with Crippen LogP contribution in [0.2, 0.25) is 0 Å². The van der Waals surface area contributed by atoms with E-state index in [9.17, 15) is 4.79 Å². The maximum Gasteiger partial charge on any atom is 0.257 e. The molecular weight excluding hydrogens is 330 g/mol. The normalized spacial score (nSPS) is 19.7. The van der Waals surface area contributed by atoms with Crippen LogP contribution in [0.4, 0.5) is 0 Å². The highest BCUT2D eigenvalue weighted by molar-refractivity contribution is 7.15. The van der Waals surface area contributed by atoms with Gasteiger partial charge in [0.05, 0.1) is 5.56 Å². The number of aryl methyl sites for hydroxylation is 1. The average molecular weight is 358 g/mol.